The van der Waals surface area contributed by atoms with Crippen LogP contribution in [0.15, 0.2) is 0 Å². The molecule has 3 heteroatoms. The highest BCUT2D eigenvalue weighted by Gasteiger charge is 2.30. The molecule has 12 heavy (non-hydrogen) atoms. The molecule has 0 radical (unpaired) electrons. The number of sulfone groups is 1. The van der Waals surface area contributed by atoms with Crippen molar-refractivity contribution in [1.29, 1.82) is 0 Å². The van der Waals surface area contributed by atoms with Crippen molar-refractivity contribution in [3.8, 4) is 0 Å². The van der Waals surface area contributed by atoms with Gasteiger partial charge in [0.2, 0.25) is 0 Å². The average molecular weight is 190 g/mol. The number of hydrogen-bond donors (Lipinski definition) is 0. The third kappa shape index (κ3) is 2.47. The Labute approximate surface area is 75.3 Å². The van der Waals surface area contributed by atoms with Crippen LogP contribution >= 0.6 is 0 Å². The van der Waals surface area contributed by atoms with Crippen LogP contribution in [0.4, 0.5) is 0 Å². The van der Waals surface area contributed by atoms with Gasteiger partial charge in [-0.05, 0) is 19.3 Å². The molecular formula is C9H18O2S. The van der Waals surface area contributed by atoms with Crippen LogP contribution in [0.5, 0.6) is 0 Å². The summed E-state index contributed by atoms with van der Waals surface area (Å²) in [6.07, 6.45) is 6.13. The van der Waals surface area contributed by atoms with E-state index >= 15 is 0 Å². The molecule has 0 N–H and O–H groups in total. The lowest BCUT2D eigenvalue weighted by Gasteiger charge is -2.07. The zero-order valence-electron chi connectivity index (χ0n) is 7.75. The molecule has 0 spiro atoms. The largest absolute Gasteiger partial charge is 0.229 e. The normalized spacial score (nSPS) is 27.6. The van der Waals surface area contributed by atoms with Crippen molar-refractivity contribution in [3.63, 3.8) is 0 Å². The van der Waals surface area contributed by atoms with E-state index in [-0.39, 0.29) is 5.25 Å². The van der Waals surface area contributed by atoms with E-state index in [1.54, 1.807) is 0 Å². The average Bonchev–Trinajstić information content (AvgIpc) is 2.32. The Hall–Kier alpha value is -0.0500. The molecule has 0 amide bonds. The Balaban J connectivity index is 2.32. The fraction of sp³-hybridized carbons (Fsp3) is 1.00. The van der Waals surface area contributed by atoms with Gasteiger partial charge in [-0.25, -0.2) is 8.42 Å². The highest BCUT2D eigenvalue weighted by atomic mass is 32.2. The van der Waals surface area contributed by atoms with Gasteiger partial charge in [0.1, 0.15) is 0 Å². The van der Waals surface area contributed by atoms with Crippen molar-refractivity contribution in [2.45, 2.75) is 50.7 Å². The minimum absolute atomic E-state index is 0.00375. The maximum atomic E-state index is 11.4. The molecule has 0 aromatic heterocycles. The molecule has 1 atom stereocenters. The first-order chi connectivity index (χ1) is 5.67. The van der Waals surface area contributed by atoms with Gasteiger partial charge in [-0.2, -0.15) is 0 Å². The molecule has 72 valence electrons. The predicted octanol–water partition coefficient (Wildman–Crippen LogP) is 2.14. The maximum Gasteiger partial charge on any atom is 0.153 e. The van der Waals surface area contributed by atoms with Crippen molar-refractivity contribution in [2.24, 2.45) is 0 Å². The molecule has 1 rings (SSSR count). The van der Waals surface area contributed by atoms with Crippen molar-refractivity contribution < 1.29 is 8.42 Å². The Morgan fingerprint density at radius 3 is 2.58 bits per heavy atom. The molecule has 0 aliphatic carbocycles. The molecule has 1 aliphatic rings. The standard InChI is InChI=1S/C9H18O2S/c1-2-3-4-6-9-7-5-8-12(9,10)11/h9H,2-8H2,1H3/t9-/m0/s1. The monoisotopic (exact) mass is 190 g/mol. The zero-order chi connectivity index (χ0) is 9.03. The van der Waals surface area contributed by atoms with E-state index in [2.05, 4.69) is 6.92 Å². The van der Waals surface area contributed by atoms with Gasteiger partial charge >= 0.3 is 0 Å². The molecule has 1 saturated heterocycles. The maximum absolute atomic E-state index is 11.4. The van der Waals surface area contributed by atoms with Crippen molar-refractivity contribution >= 4 is 9.84 Å². The van der Waals surface area contributed by atoms with Gasteiger partial charge < -0.3 is 0 Å². The van der Waals surface area contributed by atoms with Crippen LogP contribution in [0, 0.1) is 0 Å². The van der Waals surface area contributed by atoms with Gasteiger partial charge in [0, 0.05) is 0 Å². The second-order valence-corrected chi connectivity index (χ2v) is 6.03. The summed E-state index contributed by atoms with van der Waals surface area (Å²) in [5, 5.41) is 0.00375. The molecule has 1 fully saturated rings. The molecule has 1 heterocycles. The van der Waals surface area contributed by atoms with Crippen molar-refractivity contribution in [2.75, 3.05) is 5.75 Å². The molecule has 2 nitrogen and oxygen atoms in total. The molecule has 0 aromatic carbocycles. The van der Waals surface area contributed by atoms with E-state index in [1.807, 2.05) is 0 Å². The van der Waals surface area contributed by atoms with Crippen molar-refractivity contribution in [3.05, 3.63) is 0 Å². The van der Waals surface area contributed by atoms with Gasteiger partial charge in [0.15, 0.2) is 9.84 Å². The second kappa shape index (κ2) is 4.26. The Kier molecular flexibility index (Phi) is 3.56. The molecule has 0 aromatic rings. The van der Waals surface area contributed by atoms with E-state index < -0.39 is 9.84 Å². The van der Waals surface area contributed by atoms with Gasteiger partial charge in [-0.3, -0.25) is 0 Å². The number of rotatable bonds is 4. The molecule has 0 bridgehead atoms. The van der Waals surface area contributed by atoms with Gasteiger partial charge in [0.25, 0.3) is 0 Å². The SMILES string of the molecule is CCCCC[C@H]1CCCS1(=O)=O. The fourth-order valence-corrected chi connectivity index (χ4v) is 3.76. The van der Waals surface area contributed by atoms with E-state index in [9.17, 15) is 8.42 Å². The van der Waals surface area contributed by atoms with Crippen LogP contribution in [-0.4, -0.2) is 19.4 Å². The Morgan fingerprint density at radius 2 is 2.08 bits per heavy atom. The summed E-state index contributed by atoms with van der Waals surface area (Å²) in [6.45, 7) is 2.14. The lowest BCUT2D eigenvalue weighted by Crippen LogP contribution is -2.15. The summed E-state index contributed by atoms with van der Waals surface area (Å²) in [7, 11) is -2.67. The Bertz CT molecular complexity index is 219. The summed E-state index contributed by atoms with van der Waals surface area (Å²) in [5.74, 6) is 0.434. The first-order valence-electron chi connectivity index (χ1n) is 4.88. The van der Waals surface area contributed by atoms with Gasteiger partial charge in [-0.15, -0.1) is 0 Å². The summed E-state index contributed by atoms with van der Waals surface area (Å²) in [6, 6.07) is 0. The van der Waals surface area contributed by atoms with Gasteiger partial charge in [0.05, 0.1) is 11.0 Å². The number of hydrogen-bond acceptors (Lipinski definition) is 2. The van der Waals surface area contributed by atoms with Crippen LogP contribution in [0.3, 0.4) is 0 Å². The first kappa shape index (κ1) is 10.0. The summed E-state index contributed by atoms with van der Waals surface area (Å²) in [4.78, 5) is 0. The summed E-state index contributed by atoms with van der Waals surface area (Å²) < 4.78 is 22.7. The van der Waals surface area contributed by atoms with E-state index in [4.69, 9.17) is 0 Å². The van der Waals surface area contributed by atoms with Crippen LogP contribution in [0.25, 0.3) is 0 Å². The quantitative estimate of drug-likeness (QED) is 0.636. The highest BCUT2D eigenvalue weighted by molar-refractivity contribution is 7.92. The van der Waals surface area contributed by atoms with E-state index in [0.29, 0.717) is 5.75 Å². The molecular weight excluding hydrogens is 172 g/mol. The van der Waals surface area contributed by atoms with E-state index in [0.717, 1.165) is 25.7 Å². The number of unbranched alkanes of at least 4 members (excludes halogenated alkanes) is 2. The predicted molar refractivity (Wildman–Crippen MR) is 51.0 cm³/mol. The van der Waals surface area contributed by atoms with Crippen molar-refractivity contribution in [1.82, 2.24) is 0 Å². The summed E-state index contributed by atoms with van der Waals surface area (Å²) >= 11 is 0. The smallest absolute Gasteiger partial charge is 0.153 e. The van der Waals surface area contributed by atoms with Gasteiger partial charge in [-0.1, -0.05) is 26.2 Å². The van der Waals surface area contributed by atoms with Crippen LogP contribution in [0.2, 0.25) is 0 Å². The molecule has 1 aliphatic heterocycles. The topological polar surface area (TPSA) is 34.1 Å². The van der Waals surface area contributed by atoms with E-state index in [1.165, 1.54) is 12.8 Å². The fourth-order valence-electron chi connectivity index (χ4n) is 1.80. The highest BCUT2D eigenvalue weighted by Crippen LogP contribution is 2.24. The third-order valence-corrected chi connectivity index (χ3v) is 4.94. The minimum atomic E-state index is -2.67. The van der Waals surface area contributed by atoms with Crippen LogP contribution < -0.4 is 0 Å². The minimum Gasteiger partial charge on any atom is -0.229 e. The lowest BCUT2D eigenvalue weighted by molar-refractivity contribution is 0.568. The first-order valence-corrected chi connectivity index (χ1v) is 6.60. The molecule has 0 saturated carbocycles. The zero-order valence-corrected chi connectivity index (χ0v) is 8.57. The Morgan fingerprint density at radius 1 is 1.33 bits per heavy atom. The van der Waals surface area contributed by atoms with Crippen LogP contribution in [0.1, 0.15) is 45.4 Å². The van der Waals surface area contributed by atoms with Crippen LogP contribution in [-0.2, 0) is 9.84 Å². The second-order valence-electron chi connectivity index (χ2n) is 3.63. The lowest BCUT2D eigenvalue weighted by atomic mass is 10.1. The third-order valence-electron chi connectivity index (χ3n) is 2.59. The molecule has 0 unspecified atom stereocenters. The summed E-state index contributed by atoms with van der Waals surface area (Å²) in [5.41, 5.74) is 0.